The molecule has 1 N–H and O–H groups in total. The van der Waals surface area contributed by atoms with Crippen molar-refractivity contribution >= 4 is 29.1 Å². The number of hydrogen-bond donors (Lipinski definition) is 1. The highest BCUT2D eigenvalue weighted by molar-refractivity contribution is 6.32. The summed E-state index contributed by atoms with van der Waals surface area (Å²) in [5.41, 5.74) is -0.174. The summed E-state index contributed by atoms with van der Waals surface area (Å²) in [6.45, 7) is 3.39. The Bertz CT molecular complexity index is 604. The maximum Gasteiger partial charge on any atom is 0.251 e. The average molecular weight is 278 g/mol. The molecule has 5 nitrogen and oxygen atoms in total. The zero-order chi connectivity index (χ0) is 14.2. The van der Waals surface area contributed by atoms with E-state index in [-0.39, 0.29) is 12.1 Å². The van der Waals surface area contributed by atoms with Gasteiger partial charge in [0.25, 0.3) is 5.91 Å². The highest BCUT2D eigenvalue weighted by Gasteiger charge is 2.41. The summed E-state index contributed by atoms with van der Waals surface area (Å²) in [5, 5.41) is 11.8. The van der Waals surface area contributed by atoms with Gasteiger partial charge in [0.1, 0.15) is 11.6 Å². The summed E-state index contributed by atoms with van der Waals surface area (Å²) < 4.78 is 0. The van der Waals surface area contributed by atoms with Crippen molar-refractivity contribution in [2.75, 3.05) is 11.4 Å². The molecule has 0 aliphatic carbocycles. The predicted molar refractivity (Wildman–Crippen MR) is 70.7 cm³/mol. The van der Waals surface area contributed by atoms with Gasteiger partial charge in [0.15, 0.2) is 0 Å². The van der Waals surface area contributed by atoms with E-state index in [0.29, 0.717) is 10.7 Å². The van der Waals surface area contributed by atoms with Crippen LogP contribution in [0.15, 0.2) is 18.2 Å². The summed E-state index contributed by atoms with van der Waals surface area (Å²) >= 11 is 5.98. The Balaban J connectivity index is 2.57. The lowest BCUT2D eigenvalue weighted by molar-refractivity contribution is -0.135. The minimum Gasteiger partial charge on any atom is -0.347 e. The number of nitrogens with zero attached hydrogens (tertiary/aromatic N) is 2. The van der Waals surface area contributed by atoms with E-state index in [9.17, 15) is 14.9 Å². The third kappa shape index (κ3) is 2.15. The van der Waals surface area contributed by atoms with Gasteiger partial charge in [-0.1, -0.05) is 17.7 Å². The lowest BCUT2D eigenvalue weighted by atomic mass is 9.96. The second-order valence-corrected chi connectivity index (χ2v) is 5.18. The van der Waals surface area contributed by atoms with Crippen LogP contribution in [0.25, 0.3) is 0 Å². The molecule has 1 aromatic carbocycles. The number of nitrogens with one attached hydrogen (secondary N) is 1. The summed E-state index contributed by atoms with van der Waals surface area (Å²) in [7, 11) is 0. The molecule has 1 aliphatic rings. The first-order valence-corrected chi connectivity index (χ1v) is 6.06. The lowest BCUT2D eigenvalue weighted by Crippen LogP contribution is -2.64. The number of amides is 2. The van der Waals surface area contributed by atoms with E-state index >= 15 is 0 Å². The zero-order valence-electron chi connectivity index (χ0n) is 10.5. The largest absolute Gasteiger partial charge is 0.347 e. The average Bonchev–Trinajstić information content (AvgIpc) is 2.34. The zero-order valence-corrected chi connectivity index (χ0v) is 11.3. The summed E-state index contributed by atoms with van der Waals surface area (Å²) in [6.07, 6.45) is 0. The molecule has 1 saturated heterocycles. The number of nitriles is 1. The SMILES string of the molecule is CC1(C)C(=O)NC(=O)CN1c1cccc(Cl)c1C#N. The second kappa shape index (κ2) is 4.56. The quantitative estimate of drug-likeness (QED) is 0.789. The number of imide groups is 1. The summed E-state index contributed by atoms with van der Waals surface area (Å²) in [6, 6.07) is 6.98. The molecule has 2 rings (SSSR count). The number of carbonyl (C=O) groups is 2. The first kappa shape index (κ1) is 13.4. The van der Waals surface area contributed by atoms with Gasteiger partial charge in [0.2, 0.25) is 5.91 Å². The molecule has 6 heteroatoms. The fourth-order valence-electron chi connectivity index (χ4n) is 2.02. The fourth-order valence-corrected chi connectivity index (χ4v) is 2.23. The van der Waals surface area contributed by atoms with E-state index in [4.69, 9.17) is 11.6 Å². The van der Waals surface area contributed by atoms with Gasteiger partial charge in [-0.05, 0) is 26.0 Å². The molecule has 19 heavy (non-hydrogen) atoms. The van der Waals surface area contributed by atoms with E-state index in [0.717, 1.165) is 0 Å². The van der Waals surface area contributed by atoms with Gasteiger partial charge in [-0.15, -0.1) is 0 Å². The monoisotopic (exact) mass is 277 g/mol. The van der Waals surface area contributed by atoms with Crippen molar-refractivity contribution in [2.45, 2.75) is 19.4 Å². The van der Waals surface area contributed by atoms with E-state index in [1.807, 2.05) is 6.07 Å². The molecule has 1 aliphatic heterocycles. The van der Waals surface area contributed by atoms with Crippen LogP contribution in [0.4, 0.5) is 5.69 Å². The Morgan fingerprint density at radius 1 is 1.42 bits per heavy atom. The molecule has 0 aromatic heterocycles. The standard InChI is InChI=1S/C13H12ClN3O2/c1-13(2)12(19)16-11(18)7-17(13)10-5-3-4-9(14)8(10)6-15/h3-5H,7H2,1-2H3,(H,16,18,19). The molecule has 0 spiro atoms. The van der Waals surface area contributed by atoms with Crippen LogP contribution in [-0.4, -0.2) is 23.9 Å². The summed E-state index contributed by atoms with van der Waals surface area (Å²) in [5.74, 6) is -0.791. The third-order valence-electron chi connectivity index (χ3n) is 3.18. The van der Waals surface area contributed by atoms with Crippen LogP contribution in [0.2, 0.25) is 5.02 Å². The van der Waals surface area contributed by atoms with E-state index < -0.39 is 17.4 Å². The normalized spacial score (nSPS) is 17.9. The van der Waals surface area contributed by atoms with E-state index in [1.165, 1.54) is 0 Å². The van der Waals surface area contributed by atoms with Crippen molar-refractivity contribution < 1.29 is 9.59 Å². The lowest BCUT2D eigenvalue weighted by Gasteiger charge is -2.42. The Kier molecular flexibility index (Phi) is 3.21. The highest BCUT2D eigenvalue weighted by atomic mass is 35.5. The van der Waals surface area contributed by atoms with Crippen molar-refractivity contribution in [1.29, 1.82) is 5.26 Å². The molecular formula is C13H12ClN3O2. The van der Waals surface area contributed by atoms with E-state index in [1.54, 1.807) is 36.9 Å². The maximum atomic E-state index is 11.9. The van der Waals surface area contributed by atoms with Crippen LogP contribution in [0, 0.1) is 11.3 Å². The van der Waals surface area contributed by atoms with Crippen molar-refractivity contribution in [1.82, 2.24) is 5.32 Å². The number of anilines is 1. The Morgan fingerprint density at radius 3 is 2.74 bits per heavy atom. The Labute approximate surface area is 115 Å². The van der Waals surface area contributed by atoms with Crippen molar-refractivity contribution in [2.24, 2.45) is 0 Å². The fraction of sp³-hybridized carbons (Fsp3) is 0.308. The van der Waals surface area contributed by atoms with Crippen molar-refractivity contribution in [3.8, 4) is 6.07 Å². The number of benzene rings is 1. The molecule has 1 heterocycles. The Hall–Kier alpha value is -2.06. The van der Waals surface area contributed by atoms with Crippen molar-refractivity contribution in [3.63, 3.8) is 0 Å². The highest BCUT2D eigenvalue weighted by Crippen LogP contribution is 2.32. The minimum atomic E-state index is -0.926. The van der Waals surface area contributed by atoms with Gasteiger partial charge in [-0.2, -0.15) is 5.26 Å². The molecule has 0 unspecified atom stereocenters. The maximum absolute atomic E-state index is 11.9. The van der Waals surface area contributed by atoms with Crippen LogP contribution in [0.3, 0.4) is 0 Å². The minimum absolute atomic E-state index is 0.00770. The molecule has 1 aromatic rings. The molecule has 0 atom stereocenters. The molecule has 1 fully saturated rings. The van der Waals surface area contributed by atoms with Gasteiger partial charge in [-0.3, -0.25) is 14.9 Å². The van der Waals surface area contributed by atoms with Gasteiger partial charge < -0.3 is 4.90 Å². The van der Waals surface area contributed by atoms with Gasteiger partial charge in [-0.25, -0.2) is 0 Å². The van der Waals surface area contributed by atoms with Crippen molar-refractivity contribution in [3.05, 3.63) is 28.8 Å². The molecule has 98 valence electrons. The molecule has 0 radical (unpaired) electrons. The topological polar surface area (TPSA) is 73.2 Å². The Morgan fingerprint density at radius 2 is 2.11 bits per heavy atom. The van der Waals surface area contributed by atoms with Gasteiger partial charge in [0.05, 0.1) is 22.8 Å². The predicted octanol–water partition coefficient (Wildman–Crippen LogP) is 1.45. The second-order valence-electron chi connectivity index (χ2n) is 4.77. The van der Waals surface area contributed by atoms with Crippen LogP contribution >= 0.6 is 11.6 Å². The molecule has 0 bridgehead atoms. The van der Waals surface area contributed by atoms with Crippen LogP contribution in [0.1, 0.15) is 19.4 Å². The number of hydrogen-bond acceptors (Lipinski definition) is 4. The van der Waals surface area contributed by atoms with Crippen LogP contribution in [0.5, 0.6) is 0 Å². The first-order valence-electron chi connectivity index (χ1n) is 5.68. The van der Waals surface area contributed by atoms with Crippen LogP contribution < -0.4 is 10.2 Å². The number of rotatable bonds is 1. The number of piperazine rings is 1. The first-order chi connectivity index (χ1) is 8.87. The smallest absolute Gasteiger partial charge is 0.251 e. The van der Waals surface area contributed by atoms with Crippen LogP contribution in [-0.2, 0) is 9.59 Å². The van der Waals surface area contributed by atoms with E-state index in [2.05, 4.69) is 5.32 Å². The summed E-state index contributed by atoms with van der Waals surface area (Å²) in [4.78, 5) is 25.0. The molecular weight excluding hydrogens is 266 g/mol. The van der Waals surface area contributed by atoms with Gasteiger partial charge in [0, 0.05) is 0 Å². The third-order valence-corrected chi connectivity index (χ3v) is 3.49. The molecule has 2 amide bonds. The number of halogens is 1. The molecule has 0 saturated carbocycles. The van der Waals surface area contributed by atoms with Gasteiger partial charge >= 0.3 is 0 Å². The number of carbonyl (C=O) groups excluding carboxylic acids is 2.